The van der Waals surface area contributed by atoms with E-state index in [0.29, 0.717) is 33.3 Å². The van der Waals surface area contributed by atoms with Crippen molar-refractivity contribution in [2.45, 2.75) is 0 Å². The largest absolute Gasteiger partial charge is 0.508 e. The number of benzene rings is 6. The van der Waals surface area contributed by atoms with Gasteiger partial charge in [0.2, 0.25) is 0 Å². The third-order valence-electron chi connectivity index (χ3n) is 8.59. The molecule has 256 valence electrons. The molecule has 8 rings (SSSR count). The van der Waals surface area contributed by atoms with E-state index in [2.05, 4.69) is 0 Å². The van der Waals surface area contributed by atoms with Crippen LogP contribution in [0.4, 0.5) is 0 Å². The Kier molecular flexibility index (Phi) is 8.55. The topological polar surface area (TPSA) is 165 Å². The number of hydrogen-bond donors (Lipinski definition) is 6. The number of aromatic nitrogens is 2. The van der Waals surface area contributed by atoms with Crippen LogP contribution in [0.1, 0.15) is 0 Å². The Bertz CT molecular complexity index is 2520. The van der Waals surface area contributed by atoms with Crippen LogP contribution in [0.15, 0.2) is 155 Å². The highest BCUT2D eigenvalue weighted by molar-refractivity contribution is 6.01. The van der Waals surface area contributed by atoms with E-state index in [4.69, 9.17) is 0 Å². The maximum absolute atomic E-state index is 13.0. The van der Waals surface area contributed by atoms with Crippen LogP contribution >= 0.6 is 0 Å². The van der Waals surface area contributed by atoms with E-state index >= 15 is 0 Å². The SMILES string of the molecule is O=c1c2c(O)cc(O)cc2c(-c2ccccc2)cn1-c1ccc(O)cc1.O=c1c2c(O)cc(O)cc2c(-c2ccccc2)cn1-c1ccc(O)cc1. The lowest BCUT2D eigenvalue weighted by atomic mass is 9.99. The Balaban J connectivity index is 0.000000162. The number of pyridine rings is 2. The van der Waals surface area contributed by atoms with Gasteiger partial charge < -0.3 is 30.6 Å². The summed E-state index contributed by atoms with van der Waals surface area (Å²) in [6.45, 7) is 0. The first kappa shape index (κ1) is 33.1. The molecule has 0 aliphatic carbocycles. The highest BCUT2D eigenvalue weighted by atomic mass is 16.3. The summed E-state index contributed by atoms with van der Waals surface area (Å²) in [4.78, 5) is 26.0. The van der Waals surface area contributed by atoms with Gasteiger partial charge in [-0.15, -0.1) is 0 Å². The van der Waals surface area contributed by atoms with E-state index in [-0.39, 0.29) is 45.3 Å². The van der Waals surface area contributed by atoms with Crippen LogP contribution < -0.4 is 11.1 Å². The van der Waals surface area contributed by atoms with Crippen LogP contribution in [0.25, 0.3) is 55.2 Å². The molecule has 0 aliphatic heterocycles. The Morgan fingerprint density at radius 3 is 1.08 bits per heavy atom. The molecule has 0 fully saturated rings. The molecular formula is C42H30N2O8. The summed E-state index contributed by atoms with van der Waals surface area (Å²) in [6.07, 6.45) is 3.34. The third-order valence-corrected chi connectivity index (χ3v) is 8.59. The van der Waals surface area contributed by atoms with Gasteiger partial charge in [0, 0.05) is 57.8 Å². The zero-order valence-corrected chi connectivity index (χ0v) is 27.3. The summed E-state index contributed by atoms with van der Waals surface area (Å²) in [5, 5.41) is 60.6. The standard InChI is InChI=1S/2C21H15NO4/c2*23-15-8-6-14(7-9-15)22-12-18(13-4-2-1-3-5-13)17-10-16(24)11-19(25)20(17)21(22)26/h2*1-12,23-25H. The van der Waals surface area contributed by atoms with Crippen molar-refractivity contribution in [2.24, 2.45) is 0 Å². The molecule has 0 radical (unpaired) electrons. The second kappa shape index (κ2) is 13.4. The number of rotatable bonds is 4. The van der Waals surface area contributed by atoms with Crippen molar-refractivity contribution in [3.8, 4) is 68.1 Å². The molecule has 0 bridgehead atoms. The number of phenols is 6. The molecule has 0 saturated heterocycles. The Hall–Kier alpha value is -7.46. The van der Waals surface area contributed by atoms with Crippen LogP contribution in [0, 0.1) is 0 Å². The van der Waals surface area contributed by atoms with E-state index in [1.807, 2.05) is 60.7 Å². The molecule has 10 heteroatoms. The molecule has 6 N–H and O–H groups in total. The van der Waals surface area contributed by atoms with Gasteiger partial charge in [0.25, 0.3) is 11.1 Å². The summed E-state index contributed by atoms with van der Waals surface area (Å²) in [5.74, 6) is -0.606. The zero-order valence-electron chi connectivity index (χ0n) is 27.3. The Morgan fingerprint density at radius 1 is 0.385 bits per heavy atom. The zero-order chi connectivity index (χ0) is 36.5. The molecule has 0 amide bonds. The number of fused-ring (bicyclic) bond motifs is 2. The average molecular weight is 691 g/mol. The molecular weight excluding hydrogens is 660 g/mol. The van der Waals surface area contributed by atoms with Crippen molar-refractivity contribution in [3.63, 3.8) is 0 Å². The summed E-state index contributed by atoms with van der Waals surface area (Å²) < 4.78 is 2.84. The van der Waals surface area contributed by atoms with Gasteiger partial charge in [0.1, 0.15) is 34.5 Å². The molecule has 52 heavy (non-hydrogen) atoms. The fourth-order valence-electron chi connectivity index (χ4n) is 6.16. The second-order valence-electron chi connectivity index (χ2n) is 12.0. The lowest BCUT2D eigenvalue weighted by Crippen LogP contribution is -2.18. The molecule has 0 unspecified atom stereocenters. The Morgan fingerprint density at radius 2 is 0.731 bits per heavy atom. The molecule has 0 spiro atoms. The highest BCUT2D eigenvalue weighted by Crippen LogP contribution is 2.36. The molecule has 2 heterocycles. The van der Waals surface area contributed by atoms with Gasteiger partial charge in [-0.05, 0) is 71.8 Å². The molecule has 6 aromatic carbocycles. The van der Waals surface area contributed by atoms with E-state index < -0.39 is 11.1 Å². The van der Waals surface area contributed by atoms with E-state index in [9.17, 15) is 40.2 Å². The first-order valence-electron chi connectivity index (χ1n) is 16.0. The molecule has 10 nitrogen and oxygen atoms in total. The number of aromatic hydroxyl groups is 6. The normalized spacial score (nSPS) is 10.9. The van der Waals surface area contributed by atoms with Crippen molar-refractivity contribution in [1.29, 1.82) is 0 Å². The van der Waals surface area contributed by atoms with Gasteiger partial charge in [-0.25, -0.2) is 0 Å². The maximum Gasteiger partial charge on any atom is 0.266 e. The number of hydrogen-bond acceptors (Lipinski definition) is 8. The smallest absolute Gasteiger partial charge is 0.266 e. The second-order valence-corrected chi connectivity index (χ2v) is 12.0. The first-order valence-corrected chi connectivity index (χ1v) is 16.0. The van der Waals surface area contributed by atoms with Crippen LogP contribution in [0.2, 0.25) is 0 Å². The maximum atomic E-state index is 13.0. The monoisotopic (exact) mass is 690 g/mol. The molecule has 0 aliphatic rings. The number of nitrogens with zero attached hydrogens (tertiary/aromatic N) is 2. The molecule has 0 atom stereocenters. The fraction of sp³-hybridized carbons (Fsp3) is 0. The van der Waals surface area contributed by atoms with Gasteiger partial charge in [0.15, 0.2) is 0 Å². The van der Waals surface area contributed by atoms with Gasteiger partial charge in [-0.1, -0.05) is 60.7 Å². The minimum Gasteiger partial charge on any atom is -0.508 e. The lowest BCUT2D eigenvalue weighted by Gasteiger charge is -2.14. The van der Waals surface area contributed by atoms with Crippen molar-refractivity contribution in [3.05, 3.63) is 167 Å². The molecule has 0 saturated carbocycles. The minimum atomic E-state index is -0.414. The van der Waals surface area contributed by atoms with Gasteiger partial charge in [-0.3, -0.25) is 18.7 Å². The molecule has 2 aromatic heterocycles. The quantitative estimate of drug-likeness (QED) is 0.110. The average Bonchev–Trinajstić information content (AvgIpc) is 3.13. The fourth-order valence-corrected chi connectivity index (χ4v) is 6.16. The van der Waals surface area contributed by atoms with Crippen LogP contribution in [-0.4, -0.2) is 39.8 Å². The predicted octanol–water partition coefficient (Wildman–Crippen LogP) is 7.55. The number of phenolic OH excluding ortho intramolecular Hbond substituents is 6. The van der Waals surface area contributed by atoms with Crippen molar-refractivity contribution in [2.75, 3.05) is 0 Å². The van der Waals surface area contributed by atoms with Crippen molar-refractivity contribution < 1.29 is 30.6 Å². The lowest BCUT2D eigenvalue weighted by molar-refractivity contribution is 0.453. The summed E-state index contributed by atoms with van der Waals surface area (Å²) in [6, 6.07) is 36.5. The summed E-state index contributed by atoms with van der Waals surface area (Å²) >= 11 is 0. The van der Waals surface area contributed by atoms with Crippen LogP contribution in [-0.2, 0) is 0 Å². The molecule has 8 aromatic rings. The van der Waals surface area contributed by atoms with E-state index in [0.717, 1.165) is 23.3 Å². The summed E-state index contributed by atoms with van der Waals surface area (Å²) in [5.41, 5.74) is 3.36. The van der Waals surface area contributed by atoms with Crippen LogP contribution in [0.3, 0.4) is 0 Å². The van der Waals surface area contributed by atoms with Crippen molar-refractivity contribution >= 4 is 21.5 Å². The third kappa shape index (κ3) is 6.23. The van der Waals surface area contributed by atoms with Crippen LogP contribution in [0.5, 0.6) is 34.5 Å². The van der Waals surface area contributed by atoms with Crippen molar-refractivity contribution in [1.82, 2.24) is 9.13 Å². The van der Waals surface area contributed by atoms with Gasteiger partial charge in [-0.2, -0.15) is 0 Å². The Labute approximate surface area is 295 Å². The van der Waals surface area contributed by atoms with E-state index in [1.54, 1.807) is 36.7 Å². The van der Waals surface area contributed by atoms with Gasteiger partial charge >= 0.3 is 0 Å². The predicted molar refractivity (Wildman–Crippen MR) is 200 cm³/mol. The minimum absolute atomic E-state index is 0.0960. The van der Waals surface area contributed by atoms with Gasteiger partial charge in [0.05, 0.1) is 10.8 Å². The highest BCUT2D eigenvalue weighted by Gasteiger charge is 2.18. The summed E-state index contributed by atoms with van der Waals surface area (Å²) in [7, 11) is 0. The first-order chi connectivity index (χ1) is 25.1. The van der Waals surface area contributed by atoms with E-state index in [1.165, 1.54) is 45.5 Å².